The van der Waals surface area contributed by atoms with E-state index in [1.165, 1.54) is 11.8 Å². The molecule has 1 nitrogen and oxygen atoms in total. The van der Waals surface area contributed by atoms with Crippen LogP contribution in [0.1, 0.15) is 10.4 Å². The molecule has 0 unspecified atom stereocenters. The molecule has 0 aliphatic carbocycles. The van der Waals surface area contributed by atoms with Gasteiger partial charge in [0.25, 0.3) is 0 Å². The number of carbonyl (C=O) groups is 1. The van der Waals surface area contributed by atoms with Crippen LogP contribution in [0, 0.1) is 0 Å². The van der Waals surface area contributed by atoms with Gasteiger partial charge >= 0.3 is 0 Å². The lowest BCUT2D eigenvalue weighted by Gasteiger charge is -2.07. The molecule has 17 heavy (non-hydrogen) atoms. The molecule has 0 N–H and O–H groups in total. The van der Waals surface area contributed by atoms with Crippen LogP contribution in [0.5, 0.6) is 0 Å². The lowest BCUT2D eigenvalue weighted by molar-refractivity contribution is 0.112. The van der Waals surface area contributed by atoms with E-state index < -0.39 is 0 Å². The van der Waals surface area contributed by atoms with Crippen molar-refractivity contribution in [3.8, 4) is 0 Å². The highest BCUT2D eigenvalue weighted by Crippen LogP contribution is 2.38. The lowest BCUT2D eigenvalue weighted by Crippen LogP contribution is -1.86. The van der Waals surface area contributed by atoms with Gasteiger partial charge in [-0.05, 0) is 18.2 Å². The van der Waals surface area contributed by atoms with Crippen LogP contribution >= 0.6 is 35.0 Å². The first-order chi connectivity index (χ1) is 8.22. The molecule has 0 heterocycles. The Kier molecular flexibility index (Phi) is 4.11. The average Bonchev–Trinajstić information content (AvgIpc) is 2.34. The molecule has 4 heteroatoms. The molecule has 0 saturated carbocycles. The average molecular weight is 283 g/mol. The first-order valence-electron chi connectivity index (χ1n) is 4.88. The Bertz CT molecular complexity index is 555. The van der Waals surface area contributed by atoms with E-state index in [1.807, 2.05) is 18.2 Å². The van der Waals surface area contributed by atoms with Gasteiger partial charge in [0.1, 0.15) is 0 Å². The molecule has 0 spiro atoms. The summed E-state index contributed by atoms with van der Waals surface area (Å²) < 4.78 is 0. The van der Waals surface area contributed by atoms with Crippen molar-refractivity contribution in [1.82, 2.24) is 0 Å². The smallest absolute Gasteiger partial charge is 0.151 e. The standard InChI is InChI=1S/C13H8Cl2OS/c14-10-5-1-2-7-12(10)17-13-9(8-16)4-3-6-11(13)15/h1-8H. The van der Waals surface area contributed by atoms with Gasteiger partial charge in [0.05, 0.1) is 10.0 Å². The molecule has 2 aromatic carbocycles. The maximum absolute atomic E-state index is 10.9. The minimum Gasteiger partial charge on any atom is -0.298 e. The van der Waals surface area contributed by atoms with Crippen molar-refractivity contribution in [3.05, 3.63) is 58.1 Å². The van der Waals surface area contributed by atoms with Crippen molar-refractivity contribution in [2.75, 3.05) is 0 Å². The molecule has 0 aliphatic heterocycles. The summed E-state index contributed by atoms with van der Waals surface area (Å²) in [5.74, 6) is 0. The topological polar surface area (TPSA) is 17.1 Å². The van der Waals surface area contributed by atoms with Gasteiger partial charge in [0.2, 0.25) is 0 Å². The van der Waals surface area contributed by atoms with Gasteiger partial charge in [-0.1, -0.05) is 59.2 Å². The minimum atomic E-state index is 0.555. The first-order valence-corrected chi connectivity index (χ1v) is 6.45. The predicted octanol–water partition coefficient (Wildman–Crippen LogP) is 4.96. The Morgan fingerprint density at radius 2 is 1.65 bits per heavy atom. The zero-order chi connectivity index (χ0) is 12.3. The second-order valence-electron chi connectivity index (χ2n) is 3.31. The number of halogens is 2. The third kappa shape index (κ3) is 2.83. The molecule has 2 rings (SSSR count). The van der Waals surface area contributed by atoms with Crippen LogP contribution in [0.3, 0.4) is 0 Å². The molecule has 0 radical (unpaired) electrons. The second-order valence-corrected chi connectivity index (χ2v) is 5.18. The minimum absolute atomic E-state index is 0.555. The Labute approximate surface area is 114 Å². The number of rotatable bonds is 3. The van der Waals surface area contributed by atoms with Gasteiger partial charge in [0, 0.05) is 15.4 Å². The van der Waals surface area contributed by atoms with Crippen LogP contribution in [0.15, 0.2) is 52.3 Å². The molecule has 0 bridgehead atoms. The van der Waals surface area contributed by atoms with Crippen molar-refractivity contribution < 1.29 is 4.79 Å². The van der Waals surface area contributed by atoms with Gasteiger partial charge < -0.3 is 0 Å². The van der Waals surface area contributed by atoms with Gasteiger partial charge in [-0.2, -0.15) is 0 Å². The number of hydrogen-bond donors (Lipinski definition) is 0. The first kappa shape index (κ1) is 12.5. The SMILES string of the molecule is O=Cc1cccc(Cl)c1Sc1ccccc1Cl. The summed E-state index contributed by atoms with van der Waals surface area (Å²) in [6, 6.07) is 12.7. The summed E-state index contributed by atoms with van der Waals surface area (Å²) in [5.41, 5.74) is 0.572. The van der Waals surface area contributed by atoms with Crippen molar-refractivity contribution in [3.63, 3.8) is 0 Å². The summed E-state index contributed by atoms with van der Waals surface area (Å²) in [6.45, 7) is 0. The number of benzene rings is 2. The number of carbonyl (C=O) groups excluding carboxylic acids is 1. The van der Waals surface area contributed by atoms with Crippen LogP contribution in [0.4, 0.5) is 0 Å². The summed E-state index contributed by atoms with van der Waals surface area (Å²) in [6.07, 6.45) is 0.797. The number of aldehydes is 1. The van der Waals surface area contributed by atoms with E-state index in [1.54, 1.807) is 24.3 Å². The monoisotopic (exact) mass is 282 g/mol. The maximum atomic E-state index is 10.9. The summed E-state index contributed by atoms with van der Waals surface area (Å²) in [5, 5.41) is 1.20. The Hall–Kier alpha value is -0.960. The summed E-state index contributed by atoms with van der Waals surface area (Å²) >= 11 is 13.6. The van der Waals surface area contributed by atoms with Crippen molar-refractivity contribution in [2.45, 2.75) is 9.79 Å². The van der Waals surface area contributed by atoms with Crippen LogP contribution in [0.25, 0.3) is 0 Å². The van der Waals surface area contributed by atoms with E-state index in [4.69, 9.17) is 23.2 Å². The van der Waals surface area contributed by atoms with E-state index in [0.717, 1.165) is 16.1 Å². The molecule has 0 aromatic heterocycles. The zero-order valence-corrected chi connectivity index (χ0v) is 11.0. The van der Waals surface area contributed by atoms with Gasteiger partial charge in [0.15, 0.2) is 6.29 Å². The lowest BCUT2D eigenvalue weighted by atomic mass is 10.2. The summed E-state index contributed by atoms with van der Waals surface area (Å²) in [4.78, 5) is 12.6. The molecule has 0 saturated heterocycles. The largest absolute Gasteiger partial charge is 0.298 e. The molecule has 0 atom stereocenters. The second kappa shape index (κ2) is 5.58. The fourth-order valence-electron chi connectivity index (χ4n) is 1.36. The molecular weight excluding hydrogens is 275 g/mol. The maximum Gasteiger partial charge on any atom is 0.151 e. The van der Waals surface area contributed by atoms with Crippen LogP contribution in [-0.4, -0.2) is 6.29 Å². The van der Waals surface area contributed by atoms with E-state index in [0.29, 0.717) is 15.6 Å². The molecule has 0 aliphatic rings. The van der Waals surface area contributed by atoms with Crippen molar-refractivity contribution in [1.29, 1.82) is 0 Å². The van der Waals surface area contributed by atoms with E-state index in [9.17, 15) is 4.79 Å². The van der Waals surface area contributed by atoms with Gasteiger partial charge in [-0.25, -0.2) is 0 Å². The van der Waals surface area contributed by atoms with Crippen LogP contribution < -0.4 is 0 Å². The normalized spacial score (nSPS) is 10.2. The molecular formula is C13H8Cl2OS. The molecule has 2 aromatic rings. The number of hydrogen-bond acceptors (Lipinski definition) is 2. The highest BCUT2D eigenvalue weighted by atomic mass is 35.5. The Balaban J connectivity index is 2.43. The molecule has 86 valence electrons. The van der Waals surface area contributed by atoms with E-state index in [-0.39, 0.29) is 0 Å². The summed E-state index contributed by atoms with van der Waals surface area (Å²) in [7, 11) is 0. The fourth-order valence-corrected chi connectivity index (χ4v) is 2.84. The predicted molar refractivity (Wildman–Crippen MR) is 72.4 cm³/mol. The quantitative estimate of drug-likeness (QED) is 0.741. The van der Waals surface area contributed by atoms with Crippen molar-refractivity contribution in [2.24, 2.45) is 0 Å². The fraction of sp³-hybridized carbons (Fsp3) is 0. The van der Waals surface area contributed by atoms with E-state index in [2.05, 4.69) is 0 Å². The Morgan fingerprint density at radius 3 is 2.35 bits per heavy atom. The highest BCUT2D eigenvalue weighted by Gasteiger charge is 2.09. The zero-order valence-electron chi connectivity index (χ0n) is 8.69. The van der Waals surface area contributed by atoms with Crippen LogP contribution in [-0.2, 0) is 0 Å². The molecule has 0 amide bonds. The third-order valence-corrected chi connectivity index (χ3v) is 4.28. The van der Waals surface area contributed by atoms with Gasteiger partial charge in [-0.15, -0.1) is 0 Å². The highest BCUT2D eigenvalue weighted by molar-refractivity contribution is 7.99. The molecule has 0 fully saturated rings. The Morgan fingerprint density at radius 1 is 0.941 bits per heavy atom. The van der Waals surface area contributed by atoms with Crippen molar-refractivity contribution >= 4 is 41.2 Å². The van der Waals surface area contributed by atoms with E-state index >= 15 is 0 Å². The van der Waals surface area contributed by atoms with Gasteiger partial charge in [-0.3, -0.25) is 4.79 Å². The van der Waals surface area contributed by atoms with Crippen LogP contribution in [0.2, 0.25) is 10.0 Å². The third-order valence-electron chi connectivity index (χ3n) is 2.17.